The van der Waals surface area contributed by atoms with Gasteiger partial charge < -0.3 is 9.47 Å². The Kier molecular flexibility index (Phi) is 6.57. The van der Waals surface area contributed by atoms with E-state index in [1.54, 1.807) is 0 Å². The van der Waals surface area contributed by atoms with Crippen LogP contribution >= 0.6 is 31.9 Å². The van der Waals surface area contributed by atoms with Gasteiger partial charge in [-0.15, -0.1) is 0 Å². The van der Waals surface area contributed by atoms with E-state index in [9.17, 15) is 0 Å². The third-order valence-corrected chi connectivity index (χ3v) is 3.64. The Morgan fingerprint density at radius 2 is 1.30 bits per heavy atom. The summed E-state index contributed by atoms with van der Waals surface area (Å²) in [5, 5.41) is 0. The summed E-state index contributed by atoms with van der Waals surface area (Å²) < 4.78 is 12.6. The highest BCUT2D eigenvalue weighted by molar-refractivity contribution is 9.10. The van der Waals surface area contributed by atoms with Crippen LogP contribution in [-0.2, 0) is 4.74 Å². The summed E-state index contributed by atoms with van der Waals surface area (Å²) in [6.45, 7) is 2.00. The number of hydrogen-bond donors (Lipinski definition) is 0. The first-order valence-electron chi connectivity index (χ1n) is 6.51. The molecule has 1 aliphatic heterocycles. The van der Waals surface area contributed by atoms with E-state index in [0.29, 0.717) is 0 Å². The summed E-state index contributed by atoms with van der Waals surface area (Å²) in [6, 6.07) is 15.5. The summed E-state index contributed by atoms with van der Waals surface area (Å²) in [5.41, 5.74) is 0. The molecule has 0 atom stereocenters. The zero-order valence-corrected chi connectivity index (χ0v) is 14.2. The maximum Gasteiger partial charge on any atom is 0.128 e. The van der Waals surface area contributed by atoms with Crippen LogP contribution in [0.3, 0.4) is 0 Å². The van der Waals surface area contributed by atoms with Crippen molar-refractivity contribution in [3.8, 4) is 11.5 Å². The average Bonchev–Trinajstić information content (AvgIpc) is 2.97. The van der Waals surface area contributed by atoms with Crippen LogP contribution in [0, 0.1) is 0 Å². The van der Waals surface area contributed by atoms with Gasteiger partial charge in [-0.25, -0.2) is 0 Å². The Labute approximate surface area is 136 Å². The maximum atomic E-state index is 5.68. The smallest absolute Gasteiger partial charge is 0.128 e. The van der Waals surface area contributed by atoms with Gasteiger partial charge in [-0.2, -0.15) is 0 Å². The molecule has 1 heterocycles. The van der Waals surface area contributed by atoms with Crippen LogP contribution in [0.4, 0.5) is 0 Å². The normalized spacial score (nSPS) is 13.5. The fourth-order valence-electron chi connectivity index (χ4n) is 1.71. The number of halogens is 2. The Morgan fingerprint density at radius 3 is 1.65 bits per heavy atom. The van der Waals surface area contributed by atoms with Gasteiger partial charge in [-0.1, -0.05) is 44.0 Å². The predicted octanol–water partition coefficient (Wildman–Crippen LogP) is 5.80. The third-order valence-electron chi connectivity index (χ3n) is 2.66. The SMILES string of the molecule is Brc1cccc(Oc2cccc(Br)c2)c1.C1CCOC1. The van der Waals surface area contributed by atoms with Crippen molar-refractivity contribution < 1.29 is 9.47 Å². The number of ether oxygens (including phenoxy) is 2. The van der Waals surface area contributed by atoms with E-state index >= 15 is 0 Å². The van der Waals surface area contributed by atoms with E-state index in [1.807, 2.05) is 48.5 Å². The minimum absolute atomic E-state index is 0.822. The molecule has 2 aromatic carbocycles. The van der Waals surface area contributed by atoms with E-state index in [2.05, 4.69) is 31.9 Å². The topological polar surface area (TPSA) is 18.5 Å². The van der Waals surface area contributed by atoms with Gasteiger partial charge in [0, 0.05) is 22.2 Å². The van der Waals surface area contributed by atoms with Gasteiger partial charge >= 0.3 is 0 Å². The summed E-state index contributed by atoms with van der Waals surface area (Å²) >= 11 is 6.80. The maximum absolute atomic E-state index is 5.68. The van der Waals surface area contributed by atoms with E-state index in [4.69, 9.17) is 9.47 Å². The lowest BCUT2D eigenvalue weighted by molar-refractivity contribution is 0.198. The number of rotatable bonds is 2. The van der Waals surface area contributed by atoms with Crippen molar-refractivity contribution in [1.82, 2.24) is 0 Å². The predicted molar refractivity (Wildman–Crippen MR) is 88.4 cm³/mol. The molecule has 4 heteroatoms. The van der Waals surface area contributed by atoms with Gasteiger partial charge in [-0.05, 0) is 49.2 Å². The summed E-state index contributed by atoms with van der Waals surface area (Å²) in [6.07, 6.45) is 2.56. The standard InChI is InChI=1S/C12H8Br2O.C4H8O/c13-9-3-1-5-11(7-9)15-12-6-2-4-10(14)8-12;1-2-4-5-3-1/h1-8H;1-4H2. The van der Waals surface area contributed by atoms with Crippen molar-refractivity contribution in [1.29, 1.82) is 0 Å². The first-order chi connectivity index (χ1) is 9.74. The monoisotopic (exact) mass is 398 g/mol. The lowest BCUT2D eigenvalue weighted by Gasteiger charge is -2.05. The Morgan fingerprint density at radius 1 is 0.800 bits per heavy atom. The molecule has 0 aliphatic carbocycles. The minimum Gasteiger partial charge on any atom is -0.457 e. The van der Waals surface area contributed by atoms with Crippen LogP contribution in [0.15, 0.2) is 57.5 Å². The van der Waals surface area contributed by atoms with Crippen molar-refractivity contribution in [3.63, 3.8) is 0 Å². The second-order valence-electron chi connectivity index (χ2n) is 4.34. The van der Waals surface area contributed by atoms with Crippen LogP contribution in [0.25, 0.3) is 0 Å². The van der Waals surface area contributed by atoms with E-state index in [0.717, 1.165) is 33.7 Å². The molecule has 0 N–H and O–H groups in total. The molecule has 0 bridgehead atoms. The number of hydrogen-bond acceptors (Lipinski definition) is 2. The van der Waals surface area contributed by atoms with Gasteiger partial charge in [0.1, 0.15) is 11.5 Å². The largest absolute Gasteiger partial charge is 0.457 e. The number of benzene rings is 2. The van der Waals surface area contributed by atoms with E-state index < -0.39 is 0 Å². The van der Waals surface area contributed by atoms with E-state index in [-0.39, 0.29) is 0 Å². The quantitative estimate of drug-likeness (QED) is 0.635. The first kappa shape index (κ1) is 15.5. The molecule has 1 saturated heterocycles. The second-order valence-corrected chi connectivity index (χ2v) is 6.17. The minimum atomic E-state index is 0.822. The molecule has 106 valence electrons. The van der Waals surface area contributed by atoms with Crippen LogP contribution < -0.4 is 4.74 Å². The second kappa shape index (κ2) is 8.45. The van der Waals surface area contributed by atoms with Crippen LogP contribution in [-0.4, -0.2) is 13.2 Å². The van der Waals surface area contributed by atoms with Gasteiger partial charge in [0.2, 0.25) is 0 Å². The molecule has 0 spiro atoms. The van der Waals surface area contributed by atoms with Crippen LogP contribution in [0.1, 0.15) is 12.8 Å². The fraction of sp³-hybridized carbons (Fsp3) is 0.250. The molecule has 1 fully saturated rings. The van der Waals surface area contributed by atoms with Gasteiger partial charge in [-0.3, -0.25) is 0 Å². The van der Waals surface area contributed by atoms with Crippen LogP contribution in [0.5, 0.6) is 11.5 Å². The van der Waals surface area contributed by atoms with Crippen molar-refractivity contribution in [2.45, 2.75) is 12.8 Å². The molecule has 0 amide bonds. The van der Waals surface area contributed by atoms with Crippen molar-refractivity contribution in [2.75, 3.05) is 13.2 Å². The highest BCUT2D eigenvalue weighted by Gasteiger charge is 1.98. The third kappa shape index (κ3) is 5.65. The highest BCUT2D eigenvalue weighted by atomic mass is 79.9. The molecule has 1 aliphatic rings. The average molecular weight is 400 g/mol. The lowest BCUT2D eigenvalue weighted by atomic mass is 10.3. The molecule has 20 heavy (non-hydrogen) atoms. The van der Waals surface area contributed by atoms with Gasteiger partial charge in [0.25, 0.3) is 0 Å². The summed E-state index contributed by atoms with van der Waals surface area (Å²) in [7, 11) is 0. The zero-order chi connectivity index (χ0) is 14.2. The summed E-state index contributed by atoms with van der Waals surface area (Å²) in [5.74, 6) is 1.64. The van der Waals surface area contributed by atoms with Gasteiger partial charge in [0.15, 0.2) is 0 Å². The molecule has 0 unspecified atom stereocenters. The molecular formula is C16H16Br2O2. The lowest BCUT2D eigenvalue weighted by Crippen LogP contribution is -1.83. The molecule has 2 nitrogen and oxygen atoms in total. The summed E-state index contributed by atoms with van der Waals surface area (Å²) in [4.78, 5) is 0. The Balaban J connectivity index is 0.000000247. The first-order valence-corrected chi connectivity index (χ1v) is 8.09. The fourth-order valence-corrected chi connectivity index (χ4v) is 2.46. The van der Waals surface area contributed by atoms with Crippen molar-refractivity contribution >= 4 is 31.9 Å². The van der Waals surface area contributed by atoms with E-state index in [1.165, 1.54) is 12.8 Å². The molecule has 2 aromatic rings. The molecule has 0 saturated carbocycles. The van der Waals surface area contributed by atoms with Crippen LogP contribution in [0.2, 0.25) is 0 Å². The zero-order valence-electron chi connectivity index (χ0n) is 11.0. The highest BCUT2D eigenvalue weighted by Crippen LogP contribution is 2.26. The van der Waals surface area contributed by atoms with Gasteiger partial charge in [0.05, 0.1) is 0 Å². The Hall–Kier alpha value is -0.840. The molecule has 0 aromatic heterocycles. The van der Waals surface area contributed by atoms with Crippen molar-refractivity contribution in [3.05, 3.63) is 57.5 Å². The molecular weight excluding hydrogens is 384 g/mol. The molecule has 3 rings (SSSR count). The molecule has 0 radical (unpaired) electrons. The Bertz CT molecular complexity index is 488. The van der Waals surface area contributed by atoms with Crippen molar-refractivity contribution in [2.24, 2.45) is 0 Å².